The van der Waals surface area contributed by atoms with Gasteiger partial charge in [-0.15, -0.1) is 0 Å². The second kappa shape index (κ2) is 5.65. The van der Waals surface area contributed by atoms with E-state index in [0.29, 0.717) is 5.56 Å². The van der Waals surface area contributed by atoms with E-state index >= 15 is 0 Å². The molecule has 88 valence electrons. The van der Waals surface area contributed by atoms with Crippen molar-refractivity contribution < 1.29 is 44.3 Å². The summed E-state index contributed by atoms with van der Waals surface area (Å²) in [6.45, 7) is 1.72. The minimum Gasteiger partial charge on any atom is -0.861 e. The van der Waals surface area contributed by atoms with Gasteiger partial charge < -0.3 is 5.11 Å². The van der Waals surface area contributed by atoms with Gasteiger partial charge in [0, 0.05) is 0 Å². The fourth-order valence-electron chi connectivity index (χ4n) is 2.01. The van der Waals surface area contributed by atoms with Crippen molar-refractivity contribution in [1.82, 2.24) is 5.32 Å². The molecule has 0 spiro atoms. The summed E-state index contributed by atoms with van der Waals surface area (Å²) in [7, 11) is 0. The topological polar surface area (TPSA) is 81.6 Å². The molecule has 0 radical (unpaired) electrons. The molecule has 2 rings (SSSR count). The van der Waals surface area contributed by atoms with Crippen molar-refractivity contribution in [3.63, 3.8) is 0 Å². The average Bonchev–Trinajstić information content (AvgIpc) is 2.30. The Labute approximate surface area is 127 Å². The van der Waals surface area contributed by atoms with Crippen LogP contribution >= 0.6 is 0 Å². The Bertz CT molecular complexity index is 501. The van der Waals surface area contributed by atoms with Gasteiger partial charge in [0.25, 0.3) is 0 Å². The molecule has 0 bridgehead atoms. The summed E-state index contributed by atoms with van der Waals surface area (Å²) in [5, 5.41) is 14.0. The minimum atomic E-state index is -1.37. The number of urea groups is 1. The molecule has 1 N–H and O–H groups in total. The zero-order valence-corrected chi connectivity index (χ0v) is 12.3. The summed E-state index contributed by atoms with van der Waals surface area (Å²) in [4.78, 5) is 26.3. The van der Waals surface area contributed by atoms with Crippen LogP contribution in [0.15, 0.2) is 35.3 Å². The van der Waals surface area contributed by atoms with E-state index in [-0.39, 0.29) is 36.0 Å². The third kappa shape index (κ3) is 2.21. The van der Waals surface area contributed by atoms with Crippen LogP contribution in [0.1, 0.15) is 18.9 Å². The third-order valence-corrected chi connectivity index (χ3v) is 2.97. The van der Waals surface area contributed by atoms with Crippen LogP contribution < -0.4 is 40.0 Å². The van der Waals surface area contributed by atoms with Gasteiger partial charge in [0.05, 0.1) is 0 Å². The number of carbonyl (C=O) groups is 2. The van der Waals surface area contributed by atoms with Crippen LogP contribution in [0.5, 0.6) is 0 Å². The second-order valence-electron chi connectivity index (χ2n) is 3.80. The number of benzene rings is 1. The van der Waals surface area contributed by atoms with Crippen molar-refractivity contribution in [2.75, 3.05) is 0 Å². The van der Waals surface area contributed by atoms with Crippen LogP contribution in [0, 0.1) is 0 Å². The van der Waals surface area contributed by atoms with Gasteiger partial charge >= 0.3 is 35.6 Å². The summed E-state index contributed by atoms with van der Waals surface area (Å²) in [5.41, 5.74) is -0.809. The first-order chi connectivity index (χ1) is 8.11. The number of amides is 3. The van der Waals surface area contributed by atoms with Crippen molar-refractivity contribution in [3.05, 3.63) is 35.9 Å². The van der Waals surface area contributed by atoms with Gasteiger partial charge in [0.1, 0.15) is 5.41 Å². The number of rotatable bonds is 2. The molecule has 1 unspecified atom stereocenters. The molecule has 1 aromatic carbocycles. The molecule has 6 heteroatoms. The maximum absolute atomic E-state index is 12.0. The van der Waals surface area contributed by atoms with Crippen molar-refractivity contribution in [2.24, 2.45) is 4.99 Å². The van der Waals surface area contributed by atoms with Crippen LogP contribution in [0.4, 0.5) is 4.79 Å². The predicted octanol–water partition coefficient (Wildman–Crippen LogP) is -2.65. The standard InChI is InChI=1S/C12H12N2O3.Na/c1-2-12(8-6-4-3-5-7-8)9(15)13-11(17)14-10(12)16;/h3-7H,2H2,1H3,(H2,13,14,15,16,17);/q;+1/p-1. The SMILES string of the molecule is CCC1(c2ccccc2)C(=O)NC(=O)N=C1[O-].[Na+]. The van der Waals surface area contributed by atoms with Gasteiger partial charge in [-0.05, 0) is 17.9 Å². The van der Waals surface area contributed by atoms with Gasteiger partial charge in [-0.25, -0.2) is 9.79 Å². The number of hydrogen-bond acceptors (Lipinski definition) is 3. The maximum atomic E-state index is 12.0. The fourth-order valence-corrected chi connectivity index (χ4v) is 2.01. The zero-order chi connectivity index (χ0) is 12.5. The molecule has 1 aliphatic rings. The third-order valence-electron chi connectivity index (χ3n) is 2.97. The summed E-state index contributed by atoms with van der Waals surface area (Å²) in [6, 6.07) is 7.76. The Morgan fingerprint density at radius 1 is 1.28 bits per heavy atom. The number of imide groups is 1. The Kier molecular flexibility index (Phi) is 4.67. The number of aliphatic imine (C=N–C) groups is 1. The summed E-state index contributed by atoms with van der Waals surface area (Å²) < 4.78 is 0. The average molecular weight is 254 g/mol. The molecule has 0 saturated heterocycles. The predicted molar refractivity (Wildman–Crippen MR) is 59.4 cm³/mol. The van der Waals surface area contributed by atoms with E-state index in [1.54, 1.807) is 37.3 Å². The van der Waals surface area contributed by atoms with E-state index in [2.05, 4.69) is 10.3 Å². The van der Waals surface area contributed by atoms with E-state index in [1.807, 2.05) is 0 Å². The van der Waals surface area contributed by atoms with Crippen LogP contribution in [-0.2, 0) is 10.2 Å². The fraction of sp³-hybridized carbons (Fsp3) is 0.250. The first-order valence-corrected chi connectivity index (χ1v) is 5.28. The van der Waals surface area contributed by atoms with Crippen LogP contribution in [-0.4, -0.2) is 17.8 Å². The number of hydrogen-bond donors (Lipinski definition) is 1. The molecule has 3 amide bonds. The molecular formula is C12H11N2NaO3. The molecule has 0 fully saturated rings. The quantitative estimate of drug-likeness (QED) is 0.585. The van der Waals surface area contributed by atoms with Gasteiger partial charge in [-0.2, -0.15) is 0 Å². The largest absolute Gasteiger partial charge is 1.00 e. The molecule has 0 aromatic heterocycles. The normalized spacial score (nSPS) is 22.8. The van der Waals surface area contributed by atoms with Gasteiger partial charge in [-0.3, -0.25) is 10.1 Å². The number of carbonyl (C=O) groups excluding carboxylic acids is 2. The van der Waals surface area contributed by atoms with Crippen molar-refractivity contribution in [3.8, 4) is 0 Å². The molecular weight excluding hydrogens is 243 g/mol. The van der Waals surface area contributed by atoms with Gasteiger partial charge in [-0.1, -0.05) is 37.3 Å². The van der Waals surface area contributed by atoms with Crippen LogP contribution in [0.25, 0.3) is 0 Å². The second-order valence-corrected chi connectivity index (χ2v) is 3.80. The van der Waals surface area contributed by atoms with Crippen molar-refractivity contribution >= 4 is 17.8 Å². The maximum Gasteiger partial charge on any atom is 1.00 e. The van der Waals surface area contributed by atoms with Crippen molar-refractivity contribution in [2.45, 2.75) is 18.8 Å². The molecule has 1 heterocycles. The molecule has 1 aromatic rings. The van der Waals surface area contributed by atoms with Gasteiger partial charge in [0.15, 0.2) is 0 Å². The summed E-state index contributed by atoms with van der Waals surface area (Å²) in [6.07, 6.45) is 0.262. The number of nitrogens with one attached hydrogen (secondary N) is 1. The van der Waals surface area contributed by atoms with Crippen LogP contribution in [0.2, 0.25) is 0 Å². The Balaban J connectivity index is 0.00000162. The Morgan fingerprint density at radius 3 is 2.39 bits per heavy atom. The first-order valence-electron chi connectivity index (χ1n) is 5.28. The smallest absolute Gasteiger partial charge is 0.861 e. The Hall–Kier alpha value is -1.17. The van der Waals surface area contributed by atoms with E-state index in [9.17, 15) is 14.7 Å². The van der Waals surface area contributed by atoms with E-state index in [0.717, 1.165) is 0 Å². The van der Waals surface area contributed by atoms with Crippen LogP contribution in [0.3, 0.4) is 0 Å². The van der Waals surface area contributed by atoms with Crippen molar-refractivity contribution in [1.29, 1.82) is 0 Å². The molecule has 0 aliphatic carbocycles. The van der Waals surface area contributed by atoms with Gasteiger partial charge in [0.2, 0.25) is 5.91 Å². The zero-order valence-electron chi connectivity index (χ0n) is 10.3. The molecule has 5 nitrogen and oxygen atoms in total. The molecule has 1 atom stereocenters. The molecule has 18 heavy (non-hydrogen) atoms. The summed E-state index contributed by atoms with van der Waals surface area (Å²) in [5.74, 6) is -1.30. The summed E-state index contributed by atoms with van der Waals surface area (Å²) >= 11 is 0. The number of nitrogens with zero attached hydrogens (tertiary/aromatic N) is 1. The first kappa shape index (κ1) is 14.9. The van der Waals surface area contributed by atoms with E-state index < -0.39 is 23.3 Å². The Morgan fingerprint density at radius 2 is 1.89 bits per heavy atom. The van der Waals surface area contributed by atoms with E-state index in [4.69, 9.17) is 0 Å². The monoisotopic (exact) mass is 254 g/mol. The molecule has 0 saturated carbocycles. The minimum absolute atomic E-state index is 0. The van der Waals surface area contributed by atoms with E-state index in [1.165, 1.54) is 0 Å². The molecule has 1 aliphatic heterocycles.